The van der Waals surface area contributed by atoms with Crippen LogP contribution >= 0.6 is 0 Å². The normalized spacial score (nSPS) is 27.4. The number of nitrogens with zero attached hydrogens (tertiary/aromatic N) is 1. The number of H-pyrrole nitrogens is 1. The van der Waals surface area contributed by atoms with Crippen LogP contribution < -0.4 is 10.9 Å². The SMILES string of the molecule is CC1OC(c2nc([C@@]3(NC(=O)OCc4ccccc4)CC[C@@H](CO)OC3)[nH]c(=O)c2O)O1. The van der Waals surface area contributed by atoms with Crippen molar-refractivity contribution in [3.63, 3.8) is 0 Å². The van der Waals surface area contributed by atoms with Gasteiger partial charge in [0.2, 0.25) is 12.0 Å². The Balaban J connectivity index is 1.59. The predicted octanol–water partition coefficient (Wildman–Crippen LogP) is 1.16. The molecule has 2 atom stereocenters. The number of nitrogens with one attached hydrogen (secondary N) is 2. The average Bonchev–Trinajstić information content (AvgIpc) is 2.78. The molecule has 2 fully saturated rings. The van der Waals surface area contributed by atoms with Gasteiger partial charge in [0.05, 0.1) is 19.3 Å². The summed E-state index contributed by atoms with van der Waals surface area (Å²) in [7, 11) is 0. The summed E-state index contributed by atoms with van der Waals surface area (Å²) in [5.41, 5.74) is -1.34. The first kappa shape index (κ1) is 22.2. The van der Waals surface area contributed by atoms with Crippen LogP contribution in [0.15, 0.2) is 35.1 Å². The number of aromatic hydroxyl groups is 1. The quantitative estimate of drug-likeness (QED) is 0.511. The molecule has 0 saturated carbocycles. The Hall–Kier alpha value is -2.99. The molecule has 2 aliphatic rings. The third-order valence-corrected chi connectivity index (χ3v) is 5.45. The Morgan fingerprint density at radius 3 is 2.72 bits per heavy atom. The van der Waals surface area contributed by atoms with E-state index in [1.165, 1.54) is 0 Å². The van der Waals surface area contributed by atoms with Gasteiger partial charge in [0.15, 0.2) is 6.29 Å². The monoisotopic (exact) mass is 447 g/mol. The van der Waals surface area contributed by atoms with Crippen molar-refractivity contribution in [3.05, 3.63) is 57.8 Å². The molecule has 0 spiro atoms. The summed E-state index contributed by atoms with van der Waals surface area (Å²) in [6.07, 6.45) is -1.94. The zero-order chi connectivity index (χ0) is 22.7. The minimum atomic E-state index is -1.25. The Kier molecular flexibility index (Phi) is 6.42. The lowest BCUT2D eigenvalue weighted by Gasteiger charge is -2.39. The first-order valence-electron chi connectivity index (χ1n) is 10.3. The van der Waals surface area contributed by atoms with Gasteiger partial charge in [-0.3, -0.25) is 4.79 Å². The number of aromatic nitrogens is 2. The molecule has 1 aromatic heterocycles. The van der Waals surface area contributed by atoms with Gasteiger partial charge >= 0.3 is 6.09 Å². The molecular formula is C21H25N3O8. The van der Waals surface area contributed by atoms with Crippen LogP contribution in [0.25, 0.3) is 0 Å². The number of ether oxygens (including phenoxy) is 4. The molecule has 2 aliphatic heterocycles. The Labute approximate surface area is 183 Å². The second kappa shape index (κ2) is 9.25. The summed E-state index contributed by atoms with van der Waals surface area (Å²) in [6.45, 7) is 1.46. The molecule has 0 aliphatic carbocycles. The maximum atomic E-state index is 12.6. The Morgan fingerprint density at radius 2 is 2.09 bits per heavy atom. The zero-order valence-corrected chi connectivity index (χ0v) is 17.4. The highest BCUT2D eigenvalue weighted by Crippen LogP contribution is 2.36. The maximum absolute atomic E-state index is 12.6. The molecule has 172 valence electrons. The number of carbonyl (C=O) groups excluding carboxylic acids is 1. The molecule has 11 nitrogen and oxygen atoms in total. The predicted molar refractivity (Wildman–Crippen MR) is 108 cm³/mol. The van der Waals surface area contributed by atoms with E-state index in [2.05, 4.69) is 15.3 Å². The van der Waals surface area contributed by atoms with Gasteiger partial charge in [0.1, 0.15) is 23.7 Å². The number of benzene rings is 1. The van der Waals surface area contributed by atoms with Crippen molar-refractivity contribution < 1.29 is 34.0 Å². The number of aromatic amines is 1. The van der Waals surface area contributed by atoms with E-state index in [1.54, 1.807) is 6.92 Å². The highest BCUT2D eigenvalue weighted by molar-refractivity contribution is 5.68. The van der Waals surface area contributed by atoms with Crippen molar-refractivity contribution >= 4 is 6.09 Å². The molecular weight excluding hydrogens is 422 g/mol. The van der Waals surface area contributed by atoms with E-state index in [9.17, 15) is 19.8 Å². The fraction of sp³-hybridized carbons (Fsp3) is 0.476. The fourth-order valence-electron chi connectivity index (χ4n) is 3.63. The van der Waals surface area contributed by atoms with Crippen molar-refractivity contribution in [2.75, 3.05) is 13.2 Å². The fourth-order valence-corrected chi connectivity index (χ4v) is 3.63. The first-order valence-corrected chi connectivity index (χ1v) is 10.3. The summed E-state index contributed by atoms with van der Waals surface area (Å²) >= 11 is 0. The number of alkyl carbamates (subject to hydrolysis) is 1. The van der Waals surface area contributed by atoms with Crippen LogP contribution in [0, 0.1) is 0 Å². The van der Waals surface area contributed by atoms with Crippen molar-refractivity contribution in [1.82, 2.24) is 15.3 Å². The number of amides is 1. The summed E-state index contributed by atoms with van der Waals surface area (Å²) in [4.78, 5) is 31.9. The van der Waals surface area contributed by atoms with Gasteiger partial charge in [0.25, 0.3) is 5.56 Å². The lowest BCUT2D eigenvalue weighted by atomic mass is 9.89. The van der Waals surface area contributed by atoms with E-state index in [0.29, 0.717) is 12.8 Å². The van der Waals surface area contributed by atoms with E-state index < -0.39 is 41.6 Å². The van der Waals surface area contributed by atoms with Crippen molar-refractivity contribution in [3.8, 4) is 5.75 Å². The maximum Gasteiger partial charge on any atom is 0.408 e. The van der Waals surface area contributed by atoms with Crippen molar-refractivity contribution in [2.24, 2.45) is 0 Å². The third kappa shape index (κ3) is 4.60. The number of aliphatic hydroxyl groups excluding tert-OH is 1. The lowest BCUT2D eigenvalue weighted by Crippen LogP contribution is -2.55. The topological polar surface area (TPSA) is 152 Å². The molecule has 1 amide bonds. The molecule has 2 saturated heterocycles. The van der Waals surface area contributed by atoms with Crippen LogP contribution in [0.2, 0.25) is 0 Å². The molecule has 4 rings (SSSR count). The number of carbonyl (C=O) groups is 1. The molecule has 11 heteroatoms. The van der Waals surface area contributed by atoms with E-state index in [0.717, 1.165) is 5.56 Å². The molecule has 1 aromatic carbocycles. The third-order valence-electron chi connectivity index (χ3n) is 5.45. The number of hydrogen-bond acceptors (Lipinski definition) is 9. The van der Waals surface area contributed by atoms with Crippen LogP contribution in [0.3, 0.4) is 0 Å². The molecule has 0 bridgehead atoms. The minimum absolute atomic E-state index is 0.0509. The summed E-state index contributed by atoms with van der Waals surface area (Å²) in [5, 5.41) is 22.3. The molecule has 0 unspecified atom stereocenters. The van der Waals surface area contributed by atoms with E-state index in [1.807, 2.05) is 30.3 Å². The van der Waals surface area contributed by atoms with Gasteiger partial charge in [-0.1, -0.05) is 30.3 Å². The minimum Gasteiger partial charge on any atom is -0.502 e. The summed E-state index contributed by atoms with van der Waals surface area (Å²) < 4.78 is 21.7. The second-order valence-corrected chi connectivity index (χ2v) is 7.74. The van der Waals surface area contributed by atoms with Crippen LogP contribution in [0.4, 0.5) is 4.79 Å². The molecule has 4 N–H and O–H groups in total. The number of rotatable bonds is 6. The van der Waals surface area contributed by atoms with Crippen LogP contribution in [-0.4, -0.2) is 51.9 Å². The molecule has 2 aromatic rings. The largest absolute Gasteiger partial charge is 0.502 e. The van der Waals surface area contributed by atoms with Crippen LogP contribution in [0.5, 0.6) is 5.75 Å². The van der Waals surface area contributed by atoms with Crippen LogP contribution in [0.1, 0.15) is 43.1 Å². The van der Waals surface area contributed by atoms with Crippen LogP contribution in [-0.2, 0) is 31.1 Å². The molecule has 3 heterocycles. The van der Waals surface area contributed by atoms with E-state index in [-0.39, 0.29) is 31.3 Å². The van der Waals surface area contributed by atoms with Gasteiger partial charge in [-0.2, -0.15) is 0 Å². The first-order chi connectivity index (χ1) is 15.4. The lowest BCUT2D eigenvalue weighted by molar-refractivity contribution is -0.384. The van der Waals surface area contributed by atoms with Gasteiger partial charge in [-0.15, -0.1) is 0 Å². The van der Waals surface area contributed by atoms with Crippen molar-refractivity contribution in [1.29, 1.82) is 0 Å². The number of aliphatic hydroxyl groups is 1. The highest BCUT2D eigenvalue weighted by Gasteiger charge is 2.43. The Bertz CT molecular complexity index is 998. The standard InChI is InChI=1S/C21H25N3O8/c1-12-31-18(32-12)15-16(26)17(27)23-19(22-15)21(8-7-14(9-25)30-11-21)24-20(28)29-10-13-5-3-2-4-6-13/h2-6,12,14,18,25-26H,7-11H2,1H3,(H,24,28)(H,22,23,27)/t12?,14-,18?,21+/m0/s1. The summed E-state index contributed by atoms with van der Waals surface area (Å²) in [6, 6.07) is 9.17. The molecule has 0 radical (unpaired) electrons. The Morgan fingerprint density at radius 1 is 1.34 bits per heavy atom. The van der Waals surface area contributed by atoms with Crippen molar-refractivity contribution in [2.45, 2.75) is 50.6 Å². The van der Waals surface area contributed by atoms with E-state index >= 15 is 0 Å². The number of hydrogen-bond donors (Lipinski definition) is 4. The van der Waals surface area contributed by atoms with Gasteiger partial charge in [-0.25, -0.2) is 9.78 Å². The summed E-state index contributed by atoms with van der Waals surface area (Å²) in [5.74, 6) is -0.562. The smallest absolute Gasteiger partial charge is 0.408 e. The second-order valence-electron chi connectivity index (χ2n) is 7.74. The van der Waals surface area contributed by atoms with Gasteiger partial charge in [0, 0.05) is 0 Å². The van der Waals surface area contributed by atoms with Gasteiger partial charge < -0.3 is 39.5 Å². The van der Waals surface area contributed by atoms with E-state index in [4.69, 9.17) is 18.9 Å². The zero-order valence-electron chi connectivity index (χ0n) is 17.4. The average molecular weight is 447 g/mol. The van der Waals surface area contributed by atoms with Gasteiger partial charge in [-0.05, 0) is 25.3 Å². The molecule has 32 heavy (non-hydrogen) atoms. The highest BCUT2D eigenvalue weighted by atomic mass is 16.9.